The monoisotopic (exact) mass is 489 g/mol. The summed E-state index contributed by atoms with van der Waals surface area (Å²) in [5.74, 6) is 0.322. The first-order valence-corrected chi connectivity index (χ1v) is 11.7. The number of benzene rings is 2. The number of hydrogen-bond acceptors (Lipinski definition) is 8. The topological polar surface area (TPSA) is 125 Å². The van der Waals surface area contributed by atoms with E-state index in [1.165, 1.54) is 4.90 Å². The maximum Gasteiger partial charge on any atom is 0.255 e. The Morgan fingerprint density at radius 3 is 2.67 bits per heavy atom. The standard InChI is InChI=1S/C25H23N5O6/c31-23-9-8-21(24(32)26-23)29-11-20-19(25(29)33)2-1-3-22(20)35-12-15-10-30(28-27-15)16-4-6-17(7-5-16)36-18-13-34-14-18/h1-7,10,18,21H,8-9,11-14H2,(H,26,31,32). The molecule has 3 aliphatic rings. The third-order valence-electron chi connectivity index (χ3n) is 6.47. The number of amides is 3. The molecule has 3 aromatic rings. The fourth-order valence-corrected chi connectivity index (χ4v) is 4.49. The second-order valence-electron chi connectivity index (χ2n) is 8.90. The molecule has 1 N–H and O–H groups in total. The third-order valence-corrected chi connectivity index (χ3v) is 6.47. The molecule has 184 valence electrons. The first kappa shape index (κ1) is 22.2. The second-order valence-corrected chi connectivity index (χ2v) is 8.90. The van der Waals surface area contributed by atoms with Gasteiger partial charge in [-0.1, -0.05) is 11.3 Å². The van der Waals surface area contributed by atoms with Crippen LogP contribution in [-0.2, 0) is 27.5 Å². The van der Waals surface area contributed by atoms with Crippen molar-refractivity contribution in [2.45, 2.75) is 38.1 Å². The van der Waals surface area contributed by atoms with Crippen LogP contribution < -0.4 is 14.8 Å². The number of carbonyl (C=O) groups is 3. The second kappa shape index (κ2) is 9.08. The van der Waals surface area contributed by atoms with Crippen molar-refractivity contribution in [3.8, 4) is 17.2 Å². The van der Waals surface area contributed by atoms with Crippen LogP contribution in [0.4, 0.5) is 0 Å². The first-order valence-electron chi connectivity index (χ1n) is 11.7. The van der Waals surface area contributed by atoms with Gasteiger partial charge in [-0.05, 0) is 42.8 Å². The zero-order chi connectivity index (χ0) is 24.6. The molecule has 2 fully saturated rings. The molecule has 36 heavy (non-hydrogen) atoms. The van der Waals surface area contributed by atoms with Crippen molar-refractivity contribution in [3.63, 3.8) is 0 Å². The van der Waals surface area contributed by atoms with E-state index in [0.717, 1.165) is 11.4 Å². The number of carbonyl (C=O) groups excluding carboxylic acids is 3. The number of nitrogens with zero attached hydrogens (tertiary/aromatic N) is 4. The van der Waals surface area contributed by atoms with Crippen LogP contribution in [0.25, 0.3) is 5.69 Å². The van der Waals surface area contributed by atoms with Gasteiger partial charge in [-0.15, -0.1) is 5.10 Å². The van der Waals surface area contributed by atoms with Gasteiger partial charge in [0.25, 0.3) is 5.91 Å². The lowest BCUT2D eigenvalue weighted by atomic mass is 10.0. The van der Waals surface area contributed by atoms with Gasteiger partial charge in [-0.2, -0.15) is 0 Å². The third kappa shape index (κ3) is 4.17. The Bertz CT molecular complexity index is 1330. The molecule has 0 saturated carbocycles. The molecule has 11 heteroatoms. The summed E-state index contributed by atoms with van der Waals surface area (Å²) in [5, 5.41) is 10.7. The van der Waals surface area contributed by atoms with Gasteiger partial charge in [0.05, 0.1) is 31.6 Å². The Balaban J connectivity index is 1.12. The molecule has 0 bridgehead atoms. The van der Waals surface area contributed by atoms with E-state index in [1.54, 1.807) is 29.1 Å². The van der Waals surface area contributed by atoms with E-state index in [2.05, 4.69) is 15.6 Å². The van der Waals surface area contributed by atoms with Crippen LogP contribution in [0.5, 0.6) is 11.5 Å². The average molecular weight is 489 g/mol. The van der Waals surface area contributed by atoms with Crippen LogP contribution in [0.15, 0.2) is 48.7 Å². The molecule has 1 aromatic heterocycles. The van der Waals surface area contributed by atoms with E-state index in [1.807, 2.05) is 24.3 Å². The highest BCUT2D eigenvalue weighted by Crippen LogP contribution is 2.34. The Kier molecular flexibility index (Phi) is 5.61. The summed E-state index contributed by atoms with van der Waals surface area (Å²) in [4.78, 5) is 38.3. The molecule has 1 unspecified atom stereocenters. The number of nitrogens with one attached hydrogen (secondary N) is 1. The average Bonchev–Trinajstić information content (AvgIpc) is 3.46. The maximum atomic E-state index is 13.0. The predicted octanol–water partition coefficient (Wildman–Crippen LogP) is 1.38. The fraction of sp³-hybridized carbons (Fsp3) is 0.320. The number of imide groups is 1. The molecule has 2 aromatic carbocycles. The quantitative estimate of drug-likeness (QED) is 0.494. The van der Waals surface area contributed by atoms with E-state index in [9.17, 15) is 14.4 Å². The van der Waals surface area contributed by atoms with Crippen LogP contribution in [0.1, 0.15) is 34.5 Å². The lowest BCUT2D eigenvalue weighted by molar-refractivity contribution is -0.136. The van der Waals surface area contributed by atoms with Crippen LogP contribution >= 0.6 is 0 Å². The fourth-order valence-electron chi connectivity index (χ4n) is 4.49. The molecule has 1 atom stereocenters. The van der Waals surface area contributed by atoms with E-state index in [4.69, 9.17) is 14.2 Å². The van der Waals surface area contributed by atoms with Gasteiger partial charge in [0.15, 0.2) is 0 Å². The zero-order valence-corrected chi connectivity index (χ0v) is 19.3. The Labute approximate surface area is 205 Å². The summed E-state index contributed by atoms with van der Waals surface area (Å²) >= 11 is 0. The summed E-state index contributed by atoms with van der Waals surface area (Å²) < 4.78 is 18.6. The highest BCUT2D eigenvalue weighted by Gasteiger charge is 2.40. The molecule has 3 aliphatic heterocycles. The Morgan fingerprint density at radius 2 is 1.92 bits per heavy atom. The smallest absolute Gasteiger partial charge is 0.255 e. The SMILES string of the molecule is O=C1CCC(N2Cc3c(OCc4cn(-c5ccc(OC6COC6)cc5)nn4)cccc3C2=O)C(=O)N1. The van der Waals surface area contributed by atoms with Crippen LogP contribution in [0.3, 0.4) is 0 Å². The number of ether oxygens (including phenoxy) is 3. The van der Waals surface area contributed by atoms with E-state index in [0.29, 0.717) is 42.2 Å². The number of fused-ring (bicyclic) bond motifs is 1. The van der Waals surface area contributed by atoms with E-state index >= 15 is 0 Å². The van der Waals surface area contributed by atoms with Gasteiger partial charge in [0, 0.05) is 17.5 Å². The molecular weight excluding hydrogens is 466 g/mol. The number of hydrogen-bond donors (Lipinski definition) is 1. The highest BCUT2D eigenvalue weighted by atomic mass is 16.6. The number of rotatable bonds is 7. The van der Waals surface area contributed by atoms with Crippen LogP contribution in [0.2, 0.25) is 0 Å². The van der Waals surface area contributed by atoms with Gasteiger partial charge in [0.1, 0.15) is 35.9 Å². The van der Waals surface area contributed by atoms with Crippen molar-refractivity contribution in [1.29, 1.82) is 0 Å². The van der Waals surface area contributed by atoms with Crippen molar-refractivity contribution < 1.29 is 28.6 Å². The van der Waals surface area contributed by atoms with Crippen molar-refractivity contribution in [2.75, 3.05) is 13.2 Å². The first-order chi connectivity index (χ1) is 17.5. The summed E-state index contributed by atoms with van der Waals surface area (Å²) in [7, 11) is 0. The van der Waals surface area contributed by atoms with Crippen molar-refractivity contribution in [3.05, 3.63) is 65.5 Å². The van der Waals surface area contributed by atoms with Crippen molar-refractivity contribution in [2.24, 2.45) is 0 Å². The minimum atomic E-state index is -0.672. The lowest BCUT2D eigenvalue weighted by Gasteiger charge is -2.29. The predicted molar refractivity (Wildman–Crippen MR) is 123 cm³/mol. The maximum absolute atomic E-state index is 13.0. The van der Waals surface area contributed by atoms with Gasteiger partial charge in [-0.3, -0.25) is 19.7 Å². The Hall–Kier alpha value is -4.25. The molecule has 0 radical (unpaired) electrons. The number of piperidine rings is 1. The highest BCUT2D eigenvalue weighted by molar-refractivity contribution is 6.05. The van der Waals surface area contributed by atoms with E-state index in [-0.39, 0.29) is 37.5 Å². The summed E-state index contributed by atoms with van der Waals surface area (Å²) in [6, 6.07) is 12.1. The zero-order valence-electron chi connectivity index (χ0n) is 19.3. The number of aromatic nitrogens is 3. The van der Waals surface area contributed by atoms with Crippen LogP contribution in [0, 0.1) is 0 Å². The molecule has 11 nitrogen and oxygen atoms in total. The lowest BCUT2D eigenvalue weighted by Crippen LogP contribution is -2.52. The minimum Gasteiger partial charge on any atom is -0.487 e. The minimum absolute atomic E-state index is 0.108. The van der Waals surface area contributed by atoms with Crippen molar-refractivity contribution in [1.82, 2.24) is 25.2 Å². The van der Waals surface area contributed by atoms with Gasteiger partial charge in [-0.25, -0.2) is 4.68 Å². The van der Waals surface area contributed by atoms with Gasteiger partial charge < -0.3 is 19.1 Å². The molecule has 0 spiro atoms. The molecular formula is C25H23N5O6. The summed E-state index contributed by atoms with van der Waals surface area (Å²) in [6.45, 7) is 1.63. The Morgan fingerprint density at radius 1 is 1.08 bits per heavy atom. The largest absolute Gasteiger partial charge is 0.487 e. The van der Waals surface area contributed by atoms with Gasteiger partial charge in [0.2, 0.25) is 11.8 Å². The molecule has 3 amide bonds. The van der Waals surface area contributed by atoms with Crippen molar-refractivity contribution >= 4 is 17.7 Å². The summed E-state index contributed by atoms with van der Waals surface area (Å²) in [6.07, 6.45) is 2.41. The summed E-state index contributed by atoms with van der Waals surface area (Å²) in [5.41, 5.74) is 2.66. The molecule has 4 heterocycles. The molecule has 0 aliphatic carbocycles. The molecule has 6 rings (SSSR count). The molecule has 2 saturated heterocycles. The van der Waals surface area contributed by atoms with Gasteiger partial charge >= 0.3 is 0 Å². The van der Waals surface area contributed by atoms with Crippen LogP contribution in [-0.4, -0.2) is 63.0 Å². The normalized spacial score (nSPS) is 19.6. The van der Waals surface area contributed by atoms with E-state index < -0.39 is 11.9 Å².